The van der Waals surface area contributed by atoms with Crippen molar-refractivity contribution in [2.24, 2.45) is 0 Å². The van der Waals surface area contributed by atoms with Gasteiger partial charge in [0.2, 0.25) is 16.2 Å². The number of anilines is 2. The molecule has 2 aromatic carbocycles. The van der Waals surface area contributed by atoms with Gasteiger partial charge in [0.1, 0.15) is 10.0 Å². The van der Waals surface area contributed by atoms with Crippen LogP contribution in [0.3, 0.4) is 0 Å². The third-order valence-corrected chi connectivity index (χ3v) is 8.29. The predicted molar refractivity (Wildman–Crippen MR) is 141 cm³/mol. The zero-order chi connectivity index (χ0) is 23.9. The lowest BCUT2D eigenvalue weighted by Crippen LogP contribution is -2.14. The molecule has 0 aliphatic heterocycles. The third-order valence-electron chi connectivity index (χ3n) is 6.24. The fourth-order valence-corrected chi connectivity index (χ4v) is 6.29. The van der Waals surface area contributed by atoms with E-state index in [1.165, 1.54) is 16.9 Å². The number of carbonyl (C=O) groups excluding carboxylic acids is 1. The number of hydrogen-bond acceptors (Lipinski definition) is 8. The molecule has 0 spiro atoms. The summed E-state index contributed by atoms with van der Waals surface area (Å²) in [6, 6.07) is 20.2. The third kappa shape index (κ3) is 6.49. The Morgan fingerprint density at radius 2 is 1.40 bits per heavy atom. The summed E-state index contributed by atoms with van der Waals surface area (Å²) in [5, 5.41) is 27.4. The van der Waals surface area contributed by atoms with E-state index in [9.17, 15) is 4.79 Å². The predicted octanol–water partition coefficient (Wildman–Crippen LogP) is 5.67. The van der Waals surface area contributed by atoms with Crippen LogP contribution in [-0.2, 0) is 17.6 Å². The monoisotopic (exact) mass is 504 g/mol. The first kappa shape index (κ1) is 23.6. The van der Waals surface area contributed by atoms with E-state index in [0.717, 1.165) is 59.4 Å². The Hall–Kier alpha value is -3.17. The molecule has 7 nitrogen and oxygen atoms in total. The molecule has 1 amide bonds. The summed E-state index contributed by atoms with van der Waals surface area (Å²) in [5.74, 6) is 0.655. The van der Waals surface area contributed by atoms with Gasteiger partial charge in [-0.3, -0.25) is 4.79 Å². The Morgan fingerprint density at radius 3 is 2.09 bits per heavy atom. The van der Waals surface area contributed by atoms with Crippen molar-refractivity contribution in [1.82, 2.24) is 20.4 Å². The number of aromatic nitrogens is 4. The van der Waals surface area contributed by atoms with Gasteiger partial charge >= 0.3 is 0 Å². The lowest BCUT2D eigenvalue weighted by Gasteiger charge is -2.25. The highest BCUT2D eigenvalue weighted by Gasteiger charge is 2.29. The number of carbonyl (C=O) groups is 1. The van der Waals surface area contributed by atoms with Crippen molar-refractivity contribution in [3.8, 4) is 0 Å². The number of rotatable bonds is 9. The molecule has 0 bridgehead atoms. The minimum Gasteiger partial charge on any atom is -0.360 e. The topological polar surface area (TPSA) is 92.7 Å². The van der Waals surface area contributed by atoms with Crippen molar-refractivity contribution in [2.45, 2.75) is 50.4 Å². The molecule has 1 aliphatic rings. The fourth-order valence-electron chi connectivity index (χ4n) is 4.46. The van der Waals surface area contributed by atoms with Gasteiger partial charge < -0.3 is 10.6 Å². The normalized spacial score (nSPS) is 17.7. The second-order valence-electron chi connectivity index (χ2n) is 8.82. The average Bonchev–Trinajstić information content (AvgIpc) is 3.55. The van der Waals surface area contributed by atoms with Gasteiger partial charge in [-0.25, -0.2) is 0 Å². The SMILES string of the molecule is O=C(Cc1ccccc1)Nc1nnc(C2CCCC(c3nnc(NCCc4ccccc4)s3)C2)s1. The van der Waals surface area contributed by atoms with Gasteiger partial charge in [0.05, 0.1) is 6.42 Å². The Bertz CT molecular complexity index is 1230. The van der Waals surface area contributed by atoms with Crippen LogP contribution < -0.4 is 10.6 Å². The number of hydrogen-bond donors (Lipinski definition) is 2. The summed E-state index contributed by atoms with van der Waals surface area (Å²) in [6.45, 7) is 0.843. The molecule has 2 aromatic heterocycles. The summed E-state index contributed by atoms with van der Waals surface area (Å²) < 4.78 is 0. The lowest BCUT2D eigenvalue weighted by molar-refractivity contribution is -0.115. The van der Waals surface area contributed by atoms with Gasteiger partial charge in [-0.2, -0.15) is 0 Å². The van der Waals surface area contributed by atoms with E-state index in [0.29, 0.717) is 23.4 Å². The summed E-state index contributed by atoms with van der Waals surface area (Å²) in [5.41, 5.74) is 2.29. The second-order valence-corrected chi connectivity index (χ2v) is 10.8. The molecule has 180 valence electrons. The fraction of sp³-hybridized carbons (Fsp3) is 0.346. The molecule has 5 rings (SSSR count). The zero-order valence-corrected chi connectivity index (χ0v) is 21.0. The average molecular weight is 505 g/mol. The number of amides is 1. The van der Waals surface area contributed by atoms with Gasteiger partial charge in [-0.05, 0) is 36.8 Å². The van der Waals surface area contributed by atoms with E-state index < -0.39 is 0 Å². The largest absolute Gasteiger partial charge is 0.360 e. The number of benzene rings is 2. The lowest BCUT2D eigenvalue weighted by atomic mass is 9.82. The second kappa shape index (κ2) is 11.5. The minimum absolute atomic E-state index is 0.0680. The quantitative estimate of drug-likeness (QED) is 0.305. The van der Waals surface area contributed by atoms with Gasteiger partial charge in [0.25, 0.3) is 0 Å². The van der Waals surface area contributed by atoms with Crippen LogP contribution in [0.5, 0.6) is 0 Å². The van der Waals surface area contributed by atoms with E-state index in [1.807, 2.05) is 36.4 Å². The molecule has 2 N–H and O–H groups in total. The van der Waals surface area contributed by atoms with E-state index >= 15 is 0 Å². The molecule has 9 heteroatoms. The zero-order valence-electron chi connectivity index (χ0n) is 19.4. The van der Waals surface area contributed by atoms with Crippen molar-refractivity contribution >= 4 is 38.8 Å². The molecule has 2 atom stereocenters. The molecular formula is C26H28N6OS2. The molecule has 1 fully saturated rings. The van der Waals surface area contributed by atoms with Crippen molar-refractivity contribution < 1.29 is 4.79 Å². The number of nitrogens with zero attached hydrogens (tertiary/aromatic N) is 4. The van der Waals surface area contributed by atoms with Crippen LogP contribution in [0, 0.1) is 0 Å². The maximum Gasteiger partial charge on any atom is 0.230 e. The highest BCUT2D eigenvalue weighted by Crippen LogP contribution is 2.43. The van der Waals surface area contributed by atoms with Crippen LogP contribution in [0.2, 0.25) is 0 Å². The van der Waals surface area contributed by atoms with Crippen molar-refractivity contribution in [1.29, 1.82) is 0 Å². The van der Waals surface area contributed by atoms with Gasteiger partial charge in [-0.1, -0.05) is 89.8 Å². The van der Waals surface area contributed by atoms with E-state index in [4.69, 9.17) is 0 Å². The number of nitrogens with one attached hydrogen (secondary N) is 2. The summed E-state index contributed by atoms with van der Waals surface area (Å²) in [7, 11) is 0. The van der Waals surface area contributed by atoms with E-state index in [-0.39, 0.29) is 5.91 Å². The molecule has 1 aliphatic carbocycles. The Morgan fingerprint density at radius 1 is 0.800 bits per heavy atom. The first-order valence-electron chi connectivity index (χ1n) is 12.0. The molecule has 2 heterocycles. The summed E-state index contributed by atoms with van der Waals surface area (Å²) in [4.78, 5) is 12.4. The van der Waals surface area contributed by atoms with Crippen LogP contribution in [0.25, 0.3) is 0 Å². The molecule has 1 saturated carbocycles. The molecule has 4 aromatic rings. The Kier molecular flexibility index (Phi) is 7.75. The van der Waals surface area contributed by atoms with E-state index in [1.54, 1.807) is 11.3 Å². The van der Waals surface area contributed by atoms with Gasteiger partial charge in [-0.15, -0.1) is 20.4 Å². The van der Waals surface area contributed by atoms with Gasteiger partial charge in [0.15, 0.2) is 0 Å². The molecule has 0 saturated heterocycles. The van der Waals surface area contributed by atoms with Crippen molar-refractivity contribution in [3.63, 3.8) is 0 Å². The molecular weight excluding hydrogens is 476 g/mol. The first-order chi connectivity index (χ1) is 17.2. The van der Waals surface area contributed by atoms with Crippen molar-refractivity contribution in [2.75, 3.05) is 17.2 Å². The van der Waals surface area contributed by atoms with Crippen LogP contribution in [-0.4, -0.2) is 32.8 Å². The maximum atomic E-state index is 12.4. The van der Waals surface area contributed by atoms with Crippen LogP contribution in [0.1, 0.15) is 58.7 Å². The Balaban J connectivity index is 1.13. The van der Waals surface area contributed by atoms with Crippen LogP contribution in [0.15, 0.2) is 60.7 Å². The first-order valence-corrected chi connectivity index (χ1v) is 13.6. The van der Waals surface area contributed by atoms with Crippen LogP contribution in [0.4, 0.5) is 10.3 Å². The highest BCUT2D eigenvalue weighted by molar-refractivity contribution is 7.15. The highest BCUT2D eigenvalue weighted by atomic mass is 32.1. The summed E-state index contributed by atoms with van der Waals surface area (Å²) in [6.07, 6.45) is 5.62. The molecule has 2 unspecified atom stereocenters. The standard InChI is InChI=1S/C26H28N6OS2/c33-22(16-19-10-5-2-6-11-19)28-26-32-30-24(35-26)21-13-7-12-20(17-21)23-29-31-25(34-23)27-15-14-18-8-3-1-4-9-18/h1-6,8-11,20-21H,7,12-17H2,(H,27,31)(H,28,32,33). The maximum absolute atomic E-state index is 12.4. The summed E-state index contributed by atoms with van der Waals surface area (Å²) >= 11 is 3.15. The minimum atomic E-state index is -0.0680. The van der Waals surface area contributed by atoms with Crippen molar-refractivity contribution in [3.05, 3.63) is 81.8 Å². The van der Waals surface area contributed by atoms with Crippen LogP contribution >= 0.6 is 22.7 Å². The Labute approximate surface area is 213 Å². The molecule has 0 radical (unpaired) electrons. The smallest absolute Gasteiger partial charge is 0.230 e. The van der Waals surface area contributed by atoms with Gasteiger partial charge in [0, 0.05) is 18.4 Å². The van der Waals surface area contributed by atoms with E-state index in [2.05, 4.69) is 55.3 Å². The molecule has 35 heavy (non-hydrogen) atoms.